The van der Waals surface area contributed by atoms with Gasteiger partial charge in [-0.3, -0.25) is 0 Å². The van der Waals surface area contributed by atoms with Crippen LogP contribution >= 0.6 is 0 Å². The molecule has 0 aromatic carbocycles. The van der Waals surface area contributed by atoms with Crippen molar-refractivity contribution in [3.05, 3.63) is 24.7 Å². The molecule has 1 fully saturated rings. The van der Waals surface area contributed by atoms with Crippen LogP contribution in [0.5, 0.6) is 0 Å². The largest absolute Gasteiger partial charge is 0.566 e. The summed E-state index contributed by atoms with van der Waals surface area (Å²) >= 11 is 0. The lowest BCUT2D eigenvalue weighted by atomic mass is 9.81. The predicted octanol–water partition coefficient (Wildman–Crippen LogP) is 0.553. The van der Waals surface area contributed by atoms with E-state index < -0.39 is 12.7 Å². The zero-order valence-corrected chi connectivity index (χ0v) is 9.65. The van der Waals surface area contributed by atoms with Crippen molar-refractivity contribution in [1.29, 1.82) is 0 Å². The Kier molecular flexibility index (Phi) is 2.59. The van der Waals surface area contributed by atoms with Crippen LogP contribution in [0.3, 0.4) is 0 Å². The fourth-order valence-corrected chi connectivity index (χ4v) is 1.35. The number of nitrogens with one attached hydrogen (secondary N) is 1. The molecule has 2 heterocycles. The number of hydrogen-bond acceptors (Lipinski definition) is 5. The van der Waals surface area contributed by atoms with Gasteiger partial charge in [0.2, 0.25) is 5.95 Å². The Bertz CT molecular complexity index is 405. The fraction of sp³-hybridized carbons (Fsp3) is 0.400. The molecule has 2 rings (SSSR count). The fourth-order valence-electron chi connectivity index (χ4n) is 1.35. The number of aromatic nitrogens is 2. The van der Waals surface area contributed by atoms with Crippen molar-refractivity contribution in [1.82, 2.24) is 9.97 Å². The summed E-state index contributed by atoms with van der Waals surface area (Å²) < 4.78 is 11.2. The first-order valence-corrected chi connectivity index (χ1v) is 5.06. The molecule has 0 amide bonds. The van der Waals surface area contributed by atoms with Gasteiger partial charge in [-0.05, 0) is 13.8 Å². The average molecular weight is 219 g/mol. The molecule has 1 aliphatic rings. The Balaban J connectivity index is 2.17. The van der Waals surface area contributed by atoms with Crippen LogP contribution in [-0.2, 0) is 9.31 Å². The van der Waals surface area contributed by atoms with Crippen LogP contribution in [0.4, 0.5) is 5.95 Å². The molecular formula is C10H14BN3O2. The van der Waals surface area contributed by atoms with Gasteiger partial charge in [-0.15, -0.1) is 0 Å². The van der Waals surface area contributed by atoms with Crippen molar-refractivity contribution in [3.8, 4) is 0 Å². The first-order chi connectivity index (χ1) is 7.53. The van der Waals surface area contributed by atoms with E-state index in [2.05, 4.69) is 21.9 Å². The minimum atomic E-state index is -0.466. The summed E-state index contributed by atoms with van der Waals surface area (Å²) in [5.74, 6) is 1.19. The Labute approximate surface area is 95.0 Å². The van der Waals surface area contributed by atoms with E-state index in [0.717, 1.165) is 5.46 Å². The second kappa shape index (κ2) is 3.79. The SMILES string of the molecule is C=C1OB(c2cnc(NC)nc2)OC1(C)C. The molecule has 0 saturated carbocycles. The molecule has 0 aliphatic carbocycles. The monoisotopic (exact) mass is 219 g/mol. The summed E-state index contributed by atoms with van der Waals surface area (Å²) in [4.78, 5) is 8.21. The molecule has 16 heavy (non-hydrogen) atoms. The van der Waals surface area contributed by atoms with Gasteiger partial charge in [0.25, 0.3) is 0 Å². The molecule has 1 aromatic heterocycles. The van der Waals surface area contributed by atoms with Crippen LogP contribution in [0.1, 0.15) is 13.8 Å². The molecule has 1 saturated heterocycles. The van der Waals surface area contributed by atoms with E-state index in [1.165, 1.54) is 0 Å². The minimum Gasteiger partial charge on any atom is -0.534 e. The number of anilines is 1. The van der Waals surface area contributed by atoms with E-state index in [0.29, 0.717) is 11.7 Å². The van der Waals surface area contributed by atoms with Crippen molar-refractivity contribution in [2.75, 3.05) is 12.4 Å². The van der Waals surface area contributed by atoms with E-state index in [9.17, 15) is 0 Å². The lowest BCUT2D eigenvalue weighted by Gasteiger charge is -2.15. The molecule has 84 valence electrons. The van der Waals surface area contributed by atoms with Gasteiger partial charge in [-0.25, -0.2) is 9.97 Å². The molecule has 1 N–H and O–H groups in total. The Hall–Kier alpha value is -1.56. The maximum Gasteiger partial charge on any atom is 0.566 e. The summed E-state index contributed by atoms with van der Waals surface area (Å²) in [5, 5.41) is 2.85. The third-order valence-electron chi connectivity index (χ3n) is 2.49. The van der Waals surface area contributed by atoms with Crippen LogP contribution in [0.2, 0.25) is 0 Å². The maximum atomic E-state index is 5.70. The van der Waals surface area contributed by atoms with Crippen LogP contribution in [-0.4, -0.2) is 29.7 Å². The van der Waals surface area contributed by atoms with Gasteiger partial charge in [0.1, 0.15) is 5.60 Å². The third-order valence-corrected chi connectivity index (χ3v) is 2.49. The predicted molar refractivity (Wildman–Crippen MR) is 62.4 cm³/mol. The van der Waals surface area contributed by atoms with Gasteiger partial charge < -0.3 is 14.6 Å². The maximum absolute atomic E-state index is 5.70. The highest BCUT2D eigenvalue weighted by Crippen LogP contribution is 2.28. The number of hydrogen-bond donors (Lipinski definition) is 1. The minimum absolute atomic E-state index is 0.464. The second-order valence-corrected chi connectivity index (χ2v) is 4.09. The zero-order valence-electron chi connectivity index (χ0n) is 9.65. The molecule has 1 aliphatic heterocycles. The molecule has 6 heteroatoms. The van der Waals surface area contributed by atoms with Gasteiger partial charge in [0.15, 0.2) is 0 Å². The van der Waals surface area contributed by atoms with Crippen LogP contribution in [0.25, 0.3) is 0 Å². The normalized spacial score (nSPS) is 18.4. The van der Waals surface area contributed by atoms with Crippen LogP contribution in [0.15, 0.2) is 24.7 Å². The van der Waals surface area contributed by atoms with Crippen LogP contribution in [0, 0.1) is 0 Å². The molecule has 0 atom stereocenters. The van der Waals surface area contributed by atoms with Crippen molar-refractivity contribution in [2.45, 2.75) is 19.4 Å². The molecule has 0 spiro atoms. The molecule has 5 nitrogen and oxygen atoms in total. The molecule has 1 aromatic rings. The highest BCUT2D eigenvalue weighted by atomic mass is 16.7. The lowest BCUT2D eigenvalue weighted by Crippen LogP contribution is -2.35. The summed E-state index contributed by atoms with van der Waals surface area (Å²) in [6.45, 7) is 7.65. The third kappa shape index (κ3) is 1.88. The number of nitrogens with zero attached hydrogens (tertiary/aromatic N) is 2. The van der Waals surface area contributed by atoms with Crippen LogP contribution < -0.4 is 10.8 Å². The summed E-state index contributed by atoms with van der Waals surface area (Å²) in [6.07, 6.45) is 3.36. The standard InChI is InChI=1S/C10H14BN3O2/c1-7-10(2,3)16-11(15-7)8-5-13-9(12-4)14-6-8/h5-6H,1H2,2-4H3,(H,12,13,14). The topological polar surface area (TPSA) is 56.3 Å². The van der Waals surface area contributed by atoms with E-state index in [4.69, 9.17) is 9.31 Å². The number of rotatable bonds is 2. The quantitative estimate of drug-likeness (QED) is 0.736. The van der Waals surface area contributed by atoms with E-state index in [1.807, 2.05) is 13.8 Å². The zero-order chi connectivity index (χ0) is 11.8. The Morgan fingerprint density at radius 1 is 1.38 bits per heavy atom. The summed E-state index contributed by atoms with van der Waals surface area (Å²) in [5.41, 5.74) is 0.317. The van der Waals surface area contributed by atoms with Gasteiger partial charge in [0, 0.05) is 24.9 Å². The van der Waals surface area contributed by atoms with E-state index >= 15 is 0 Å². The molecule has 0 bridgehead atoms. The summed E-state index contributed by atoms with van der Waals surface area (Å²) in [6, 6.07) is 0. The highest BCUT2D eigenvalue weighted by Gasteiger charge is 2.43. The van der Waals surface area contributed by atoms with Crippen molar-refractivity contribution >= 4 is 18.5 Å². The first kappa shape index (κ1) is 10.9. The van der Waals surface area contributed by atoms with Gasteiger partial charge in [-0.2, -0.15) is 0 Å². The average Bonchev–Trinajstić information content (AvgIpc) is 2.54. The van der Waals surface area contributed by atoms with Gasteiger partial charge in [0.05, 0.1) is 5.76 Å². The smallest absolute Gasteiger partial charge is 0.534 e. The highest BCUT2D eigenvalue weighted by molar-refractivity contribution is 6.62. The van der Waals surface area contributed by atoms with Crippen molar-refractivity contribution in [3.63, 3.8) is 0 Å². The van der Waals surface area contributed by atoms with Gasteiger partial charge in [-0.1, -0.05) is 6.58 Å². The van der Waals surface area contributed by atoms with Crippen molar-refractivity contribution < 1.29 is 9.31 Å². The van der Waals surface area contributed by atoms with E-state index in [-0.39, 0.29) is 0 Å². The Morgan fingerprint density at radius 2 is 2.00 bits per heavy atom. The van der Waals surface area contributed by atoms with Crippen molar-refractivity contribution in [2.24, 2.45) is 0 Å². The van der Waals surface area contributed by atoms with E-state index in [1.54, 1.807) is 19.4 Å². The Morgan fingerprint density at radius 3 is 2.44 bits per heavy atom. The first-order valence-electron chi connectivity index (χ1n) is 5.06. The lowest BCUT2D eigenvalue weighted by molar-refractivity contribution is 0.173. The second-order valence-electron chi connectivity index (χ2n) is 4.09. The molecular weight excluding hydrogens is 205 g/mol. The summed E-state index contributed by atoms with van der Waals surface area (Å²) in [7, 11) is 1.30. The van der Waals surface area contributed by atoms with Gasteiger partial charge >= 0.3 is 7.12 Å². The molecule has 0 unspecified atom stereocenters. The molecule has 0 radical (unpaired) electrons.